The van der Waals surface area contributed by atoms with Gasteiger partial charge in [-0.2, -0.15) is 0 Å². The SMILES string of the molecule is CC(N)CN(CC1CCc2ccccc2O1)c1ncccn1. The van der Waals surface area contributed by atoms with E-state index >= 15 is 0 Å². The predicted octanol–water partition coefficient (Wildman–Crippen LogP) is 2.02. The topological polar surface area (TPSA) is 64.3 Å². The quantitative estimate of drug-likeness (QED) is 0.915. The molecule has 5 nitrogen and oxygen atoms in total. The number of rotatable bonds is 5. The fourth-order valence-corrected chi connectivity index (χ4v) is 2.79. The summed E-state index contributed by atoms with van der Waals surface area (Å²) in [7, 11) is 0. The zero-order chi connectivity index (χ0) is 15.4. The molecule has 5 heteroatoms. The predicted molar refractivity (Wildman–Crippen MR) is 87.1 cm³/mol. The molecule has 116 valence electrons. The molecule has 2 atom stereocenters. The number of para-hydroxylation sites is 1. The molecule has 3 rings (SSSR count). The molecular weight excluding hydrogens is 276 g/mol. The van der Waals surface area contributed by atoms with Crippen molar-refractivity contribution in [3.63, 3.8) is 0 Å². The van der Waals surface area contributed by atoms with Crippen molar-refractivity contribution in [2.75, 3.05) is 18.0 Å². The normalized spacial score (nSPS) is 18.2. The van der Waals surface area contributed by atoms with Gasteiger partial charge in [-0.1, -0.05) is 18.2 Å². The van der Waals surface area contributed by atoms with Gasteiger partial charge in [-0.25, -0.2) is 9.97 Å². The molecule has 2 unspecified atom stereocenters. The van der Waals surface area contributed by atoms with Gasteiger partial charge in [0.15, 0.2) is 0 Å². The summed E-state index contributed by atoms with van der Waals surface area (Å²) >= 11 is 0. The first kappa shape index (κ1) is 14.8. The number of benzene rings is 1. The maximum Gasteiger partial charge on any atom is 0.225 e. The molecule has 0 spiro atoms. The number of fused-ring (bicyclic) bond motifs is 1. The van der Waals surface area contributed by atoms with Crippen molar-refractivity contribution in [1.82, 2.24) is 9.97 Å². The lowest BCUT2D eigenvalue weighted by atomic mass is 10.0. The van der Waals surface area contributed by atoms with Crippen molar-refractivity contribution >= 4 is 5.95 Å². The van der Waals surface area contributed by atoms with Gasteiger partial charge in [0, 0.05) is 25.0 Å². The Hall–Kier alpha value is -2.14. The second-order valence-electron chi connectivity index (χ2n) is 5.82. The van der Waals surface area contributed by atoms with E-state index in [2.05, 4.69) is 27.0 Å². The van der Waals surface area contributed by atoms with Crippen molar-refractivity contribution in [1.29, 1.82) is 0 Å². The third-order valence-corrected chi connectivity index (χ3v) is 3.77. The molecule has 2 aromatic rings. The first-order chi connectivity index (χ1) is 10.7. The molecule has 0 radical (unpaired) electrons. The van der Waals surface area contributed by atoms with Crippen LogP contribution in [-0.2, 0) is 6.42 Å². The van der Waals surface area contributed by atoms with Crippen LogP contribution in [-0.4, -0.2) is 35.2 Å². The van der Waals surface area contributed by atoms with E-state index in [1.165, 1.54) is 5.56 Å². The summed E-state index contributed by atoms with van der Waals surface area (Å²) in [6.07, 6.45) is 5.69. The van der Waals surface area contributed by atoms with Crippen LogP contribution in [0.3, 0.4) is 0 Å². The van der Waals surface area contributed by atoms with Gasteiger partial charge >= 0.3 is 0 Å². The Morgan fingerprint density at radius 2 is 2.05 bits per heavy atom. The van der Waals surface area contributed by atoms with Crippen LogP contribution in [0.1, 0.15) is 18.9 Å². The van der Waals surface area contributed by atoms with Crippen LogP contribution in [0.15, 0.2) is 42.7 Å². The monoisotopic (exact) mass is 298 g/mol. The standard InChI is InChI=1S/C17H22N4O/c1-13(18)11-21(17-19-9-4-10-20-17)12-15-8-7-14-5-2-3-6-16(14)22-15/h2-6,9-10,13,15H,7-8,11-12,18H2,1H3. The maximum absolute atomic E-state index is 6.13. The number of aromatic nitrogens is 2. The Morgan fingerprint density at radius 1 is 1.27 bits per heavy atom. The highest BCUT2D eigenvalue weighted by atomic mass is 16.5. The Bertz CT molecular complexity index is 603. The van der Waals surface area contributed by atoms with E-state index in [1.807, 2.05) is 25.1 Å². The lowest BCUT2D eigenvalue weighted by Gasteiger charge is -2.32. The minimum atomic E-state index is 0.0553. The first-order valence-corrected chi connectivity index (χ1v) is 7.74. The lowest BCUT2D eigenvalue weighted by Crippen LogP contribution is -2.43. The summed E-state index contributed by atoms with van der Waals surface area (Å²) in [5, 5.41) is 0. The molecule has 0 saturated carbocycles. The molecule has 2 N–H and O–H groups in total. The number of hydrogen-bond acceptors (Lipinski definition) is 5. The van der Waals surface area contributed by atoms with Crippen LogP contribution < -0.4 is 15.4 Å². The molecule has 1 aromatic heterocycles. The fraction of sp³-hybridized carbons (Fsp3) is 0.412. The zero-order valence-corrected chi connectivity index (χ0v) is 12.9. The summed E-state index contributed by atoms with van der Waals surface area (Å²) in [4.78, 5) is 10.8. The van der Waals surface area contributed by atoms with E-state index in [9.17, 15) is 0 Å². The van der Waals surface area contributed by atoms with Crippen LogP contribution >= 0.6 is 0 Å². The van der Waals surface area contributed by atoms with Gasteiger partial charge in [0.05, 0.1) is 6.54 Å². The molecule has 0 amide bonds. The Morgan fingerprint density at radius 3 is 2.82 bits per heavy atom. The smallest absolute Gasteiger partial charge is 0.225 e. The van der Waals surface area contributed by atoms with Gasteiger partial charge in [-0.3, -0.25) is 0 Å². The van der Waals surface area contributed by atoms with E-state index in [1.54, 1.807) is 12.4 Å². The third-order valence-electron chi connectivity index (χ3n) is 3.77. The van der Waals surface area contributed by atoms with Crippen molar-refractivity contribution in [2.24, 2.45) is 5.73 Å². The molecule has 0 saturated heterocycles. The molecule has 0 fully saturated rings. The molecule has 1 aromatic carbocycles. The summed E-state index contributed by atoms with van der Waals surface area (Å²) < 4.78 is 6.13. The van der Waals surface area contributed by atoms with E-state index in [4.69, 9.17) is 10.5 Å². The van der Waals surface area contributed by atoms with E-state index in [-0.39, 0.29) is 12.1 Å². The molecular formula is C17H22N4O. The molecule has 0 bridgehead atoms. The minimum absolute atomic E-state index is 0.0553. The van der Waals surface area contributed by atoms with Gasteiger partial charge in [-0.05, 0) is 37.5 Å². The first-order valence-electron chi connectivity index (χ1n) is 7.74. The molecule has 22 heavy (non-hydrogen) atoms. The number of nitrogens with two attached hydrogens (primary N) is 1. The highest BCUT2D eigenvalue weighted by Crippen LogP contribution is 2.27. The Labute approximate surface area is 131 Å². The highest BCUT2D eigenvalue weighted by molar-refractivity contribution is 5.36. The van der Waals surface area contributed by atoms with Gasteiger partial charge in [-0.15, -0.1) is 0 Å². The Balaban J connectivity index is 1.72. The van der Waals surface area contributed by atoms with Gasteiger partial charge in [0.1, 0.15) is 11.9 Å². The molecule has 1 aliphatic rings. The fourth-order valence-electron chi connectivity index (χ4n) is 2.79. The number of aryl methyl sites for hydroxylation is 1. The van der Waals surface area contributed by atoms with Crippen molar-refractivity contribution < 1.29 is 4.74 Å². The second kappa shape index (κ2) is 6.75. The molecule has 1 aliphatic heterocycles. The molecule has 0 aliphatic carbocycles. The number of nitrogens with zero attached hydrogens (tertiary/aromatic N) is 3. The third kappa shape index (κ3) is 3.54. The van der Waals surface area contributed by atoms with Crippen LogP contribution in [0.4, 0.5) is 5.95 Å². The van der Waals surface area contributed by atoms with E-state index in [0.29, 0.717) is 12.5 Å². The van der Waals surface area contributed by atoms with E-state index in [0.717, 1.165) is 25.1 Å². The van der Waals surface area contributed by atoms with Crippen LogP contribution in [0.25, 0.3) is 0 Å². The maximum atomic E-state index is 6.13. The summed E-state index contributed by atoms with van der Waals surface area (Å²) in [5.74, 6) is 1.70. The summed E-state index contributed by atoms with van der Waals surface area (Å²) in [6, 6.07) is 10.1. The highest BCUT2D eigenvalue weighted by Gasteiger charge is 2.23. The average Bonchev–Trinajstić information content (AvgIpc) is 2.54. The van der Waals surface area contributed by atoms with E-state index < -0.39 is 0 Å². The number of hydrogen-bond donors (Lipinski definition) is 1. The Kier molecular flexibility index (Phi) is 4.53. The minimum Gasteiger partial charge on any atom is -0.488 e. The lowest BCUT2D eigenvalue weighted by molar-refractivity contribution is 0.177. The average molecular weight is 298 g/mol. The summed E-state index contributed by atoms with van der Waals surface area (Å²) in [5.41, 5.74) is 7.26. The second-order valence-corrected chi connectivity index (χ2v) is 5.82. The van der Waals surface area contributed by atoms with Crippen LogP contribution in [0.5, 0.6) is 5.75 Å². The van der Waals surface area contributed by atoms with Crippen molar-refractivity contribution in [3.05, 3.63) is 48.3 Å². The molecule has 2 heterocycles. The largest absolute Gasteiger partial charge is 0.488 e. The number of ether oxygens (including phenoxy) is 1. The van der Waals surface area contributed by atoms with Gasteiger partial charge in [0.2, 0.25) is 5.95 Å². The zero-order valence-electron chi connectivity index (χ0n) is 12.9. The summed E-state index contributed by atoms with van der Waals surface area (Å²) in [6.45, 7) is 3.46. The van der Waals surface area contributed by atoms with Crippen LogP contribution in [0, 0.1) is 0 Å². The van der Waals surface area contributed by atoms with Gasteiger partial charge in [0.25, 0.3) is 0 Å². The number of anilines is 1. The van der Waals surface area contributed by atoms with Crippen LogP contribution in [0.2, 0.25) is 0 Å². The van der Waals surface area contributed by atoms with Gasteiger partial charge < -0.3 is 15.4 Å². The van der Waals surface area contributed by atoms with Crippen molar-refractivity contribution in [3.8, 4) is 5.75 Å². The van der Waals surface area contributed by atoms with Crippen molar-refractivity contribution in [2.45, 2.75) is 31.9 Å².